The molecule has 0 amide bonds. The number of H-pyrrole nitrogens is 1. The van der Waals surface area contributed by atoms with E-state index in [0.717, 1.165) is 0 Å². The summed E-state index contributed by atoms with van der Waals surface area (Å²) >= 11 is 5.41. The van der Waals surface area contributed by atoms with Gasteiger partial charge in [0.15, 0.2) is 0 Å². The summed E-state index contributed by atoms with van der Waals surface area (Å²) in [5, 5.41) is 0.264. The smallest absolute Gasteiger partial charge is 0.251 e. The van der Waals surface area contributed by atoms with Gasteiger partial charge in [0, 0.05) is 11.8 Å². The summed E-state index contributed by atoms with van der Waals surface area (Å²) in [5.41, 5.74) is 5.36. The standard InChI is InChI=1S/C5H5ClN2O/c6-4-1-3(7)2-5(9)8-4/h1-2H,(H3,7,8,9). The Labute approximate surface area is 56.5 Å². The molecule has 48 valence electrons. The number of nitrogens with two attached hydrogens (primary N) is 1. The van der Waals surface area contributed by atoms with Crippen molar-refractivity contribution in [2.75, 3.05) is 5.73 Å². The second-order valence-corrected chi connectivity index (χ2v) is 2.03. The Hall–Kier alpha value is -0.960. The van der Waals surface area contributed by atoms with Crippen LogP contribution < -0.4 is 11.3 Å². The highest BCUT2D eigenvalue weighted by molar-refractivity contribution is 6.29. The fourth-order valence-corrected chi connectivity index (χ4v) is 0.748. The molecule has 9 heavy (non-hydrogen) atoms. The van der Waals surface area contributed by atoms with E-state index in [1.165, 1.54) is 12.1 Å². The van der Waals surface area contributed by atoms with Crippen LogP contribution in [0, 0.1) is 0 Å². The van der Waals surface area contributed by atoms with E-state index in [2.05, 4.69) is 4.98 Å². The highest BCUT2D eigenvalue weighted by Crippen LogP contribution is 2.03. The van der Waals surface area contributed by atoms with Gasteiger partial charge in [-0.15, -0.1) is 0 Å². The molecule has 0 unspecified atom stereocenters. The van der Waals surface area contributed by atoms with Gasteiger partial charge in [-0.25, -0.2) is 0 Å². The lowest BCUT2D eigenvalue weighted by atomic mass is 10.4. The molecular formula is C5H5ClN2O. The van der Waals surface area contributed by atoms with E-state index in [1.54, 1.807) is 0 Å². The topological polar surface area (TPSA) is 58.9 Å². The van der Waals surface area contributed by atoms with Crippen LogP contribution in [-0.2, 0) is 0 Å². The number of aromatic nitrogens is 1. The molecule has 0 aliphatic heterocycles. The van der Waals surface area contributed by atoms with Crippen molar-refractivity contribution in [2.24, 2.45) is 0 Å². The minimum Gasteiger partial charge on any atom is -0.398 e. The number of hydrogen-bond donors (Lipinski definition) is 2. The van der Waals surface area contributed by atoms with Crippen molar-refractivity contribution < 1.29 is 0 Å². The molecule has 0 aliphatic carbocycles. The predicted octanol–water partition coefficient (Wildman–Crippen LogP) is 0.611. The molecule has 1 aromatic rings. The molecule has 0 spiro atoms. The van der Waals surface area contributed by atoms with Gasteiger partial charge in [-0.1, -0.05) is 11.6 Å². The number of anilines is 1. The molecule has 0 saturated heterocycles. The number of hydrogen-bond acceptors (Lipinski definition) is 2. The van der Waals surface area contributed by atoms with E-state index in [9.17, 15) is 4.79 Å². The lowest BCUT2D eigenvalue weighted by Crippen LogP contribution is -2.04. The third kappa shape index (κ3) is 1.47. The third-order valence-electron chi connectivity index (χ3n) is 0.834. The number of pyridine rings is 1. The molecule has 0 radical (unpaired) electrons. The Bertz CT molecular complexity index is 245. The molecule has 1 rings (SSSR count). The maximum atomic E-state index is 10.5. The van der Waals surface area contributed by atoms with Gasteiger partial charge >= 0.3 is 0 Å². The predicted molar refractivity (Wildman–Crippen MR) is 36.5 cm³/mol. The van der Waals surface area contributed by atoms with Gasteiger partial charge in [-0.3, -0.25) is 4.79 Å². The summed E-state index contributed by atoms with van der Waals surface area (Å²) in [6.45, 7) is 0. The van der Waals surface area contributed by atoms with Crippen LogP contribution in [0.15, 0.2) is 16.9 Å². The van der Waals surface area contributed by atoms with E-state index in [4.69, 9.17) is 17.3 Å². The number of halogens is 1. The second-order valence-electron chi connectivity index (χ2n) is 1.63. The van der Waals surface area contributed by atoms with E-state index in [0.29, 0.717) is 5.69 Å². The van der Waals surface area contributed by atoms with Gasteiger partial charge in [0.2, 0.25) is 0 Å². The Morgan fingerprint density at radius 3 is 2.67 bits per heavy atom. The first-order valence-corrected chi connectivity index (χ1v) is 2.71. The first kappa shape index (κ1) is 6.16. The number of rotatable bonds is 0. The lowest BCUT2D eigenvalue weighted by Gasteiger charge is -1.89. The Balaban J connectivity index is 3.33. The van der Waals surface area contributed by atoms with Crippen LogP contribution in [0.25, 0.3) is 0 Å². The molecule has 0 bridgehead atoms. The van der Waals surface area contributed by atoms with Gasteiger partial charge < -0.3 is 10.7 Å². The van der Waals surface area contributed by atoms with Gasteiger partial charge in [-0.2, -0.15) is 0 Å². The fourth-order valence-electron chi connectivity index (χ4n) is 0.529. The third-order valence-corrected chi connectivity index (χ3v) is 1.04. The Morgan fingerprint density at radius 1 is 1.56 bits per heavy atom. The van der Waals surface area contributed by atoms with Crippen LogP contribution in [0.5, 0.6) is 0 Å². The summed E-state index contributed by atoms with van der Waals surface area (Å²) < 4.78 is 0. The van der Waals surface area contributed by atoms with Crippen LogP contribution in [-0.4, -0.2) is 4.98 Å². The molecule has 4 heteroatoms. The van der Waals surface area contributed by atoms with Gasteiger partial charge in [-0.05, 0) is 6.07 Å². The summed E-state index contributed by atoms with van der Waals surface area (Å²) in [7, 11) is 0. The molecule has 3 nitrogen and oxygen atoms in total. The molecule has 0 atom stereocenters. The monoisotopic (exact) mass is 144 g/mol. The van der Waals surface area contributed by atoms with Crippen molar-refractivity contribution in [3.8, 4) is 0 Å². The zero-order chi connectivity index (χ0) is 6.85. The van der Waals surface area contributed by atoms with E-state index in [-0.39, 0.29) is 10.7 Å². The molecule has 0 aromatic carbocycles. The Kier molecular flexibility index (Phi) is 1.44. The molecule has 0 saturated carbocycles. The summed E-state index contributed by atoms with van der Waals surface area (Å²) in [4.78, 5) is 12.8. The van der Waals surface area contributed by atoms with Crippen molar-refractivity contribution in [1.29, 1.82) is 0 Å². The average Bonchev–Trinajstić information content (AvgIpc) is 1.59. The minimum atomic E-state index is -0.278. The van der Waals surface area contributed by atoms with Crippen LogP contribution in [0.1, 0.15) is 0 Å². The molecule has 0 fully saturated rings. The molecule has 1 aromatic heterocycles. The van der Waals surface area contributed by atoms with Crippen molar-refractivity contribution in [2.45, 2.75) is 0 Å². The number of nitrogen functional groups attached to an aromatic ring is 1. The quantitative estimate of drug-likeness (QED) is 0.524. The SMILES string of the molecule is Nc1cc(Cl)[nH]c(=O)c1. The summed E-state index contributed by atoms with van der Waals surface area (Å²) in [5.74, 6) is 0. The molecule has 0 aliphatic rings. The van der Waals surface area contributed by atoms with Gasteiger partial charge in [0.25, 0.3) is 5.56 Å². The van der Waals surface area contributed by atoms with E-state index in [1.807, 2.05) is 0 Å². The normalized spacial score (nSPS) is 9.44. The minimum absolute atomic E-state index is 0.264. The van der Waals surface area contributed by atoms with Crippen LogP contribution >= 0.6 is 11.6 Å². The van der Waals surface area contributed by atoms with Crippen LogP contribution in [0.2, 0.25) is 5.15 Å². The largest absolute Gasteiger partial charge is 0.398 e. The summed E-state index contributed by atoms with van der Waals surface area (Å²) in [6.07, 6.45) is 0. The Morgan fingerprint density at radius 2 is 2.22 bits per heavy atom. The highest BCUT2D eigenvalue weighted by atomic mass is 35.5. The summed E-state index contributed by atoms with van der Waals surface area (Å²) in [6, 6.07) is 2.74. The van der Waals surface area contributed by atoms with Crippen molar-refractivity contribution in [3.05, 3.63) is 27.6 Å². The zero-order valence-corrected chi connectivity index (χ0v) is 5.27. The lowest BCUT2D eigenvalue weighted by molar-refractivity contribution is 1.24. The van der Waals surface area contributed by atoms with Crippen LogP contribution in [0.4, 0.5) is 5.69 Å². The first-order chi connectivity index (χ1) is 4.18. The second kappa shape index (κ2) is 2.11. The maximum absolute atomic E-state index is 10.5. The first-order valence-electron chi connectivity index (χ1n) is 2.34. The highest BCUT2D eigenvalue weighted by Gasteiger charge is 1.89. The van der Waals surface area contributed by atoms with Crippen molar-refractivity contribution >= 4 is 17.3 Å². The molecular weight excluding hydrogens is 140 g/mol. The van der Waals surface area contributed by atoms with E-state index < -0.39 is 0 Å². The van der Waals surface area contributed by atoms with Gasteiger partial charge in [0.1, 0.15) is 5.15 Å². The molecule has 1 heterocycles. The number of aromatic amines is 1. The average molecular weight is 145 g/mol. The molecule has 3 N–H and O–H groups in total. The van der Waals surface area contributed by atoms with Crippen molar-refractivity contribution in [1.82, 2.24) is 4.98 Å². The van der Waals surface area contributed by atoms with E-state index >= 15 is 0 Å². The fraction of sp³-hybridized carbons (Fsp3) is 0. The van der Waals surface area contributed by atoms with Crippen LogP contribution in [0.3, 0.4) is 0 Å². The zero-order valence-electron chi connectivity index (χ0n) is 4.52. The van der Waals surface area contributed by atoms with Gasteiger partial charge in [0.05, 0.1) is 0 Å². The van der Waals surface area contributed by atoms with Crippen molar-refractivity contribution in [3.63, 3.8) is 0 Å². The number of nitrogens with one attached hydrogen (secondary N) is 1. The maximum Gasteiger partial charge on any atom is 0.251 e.